The molecule has 0 aliphatic carbocycles. The molecule has 2 aromatic heterocycles. The van der Waals surface area contributed by atoms with Crippen LogP contribution < -0.4 is 26.0 Å². The molecule has 0 saturated carbocycles. The summed E-state index contributed by atoms with van der Waals surface area (Å²) in [4.78, 5) is 29.5. The van der Waals surface area contributed by atoms with Crippen LogP contribution in [-0.4, -0.2) is 92.4 Å². The number of hydrogen-bond acceptors (Lipinski definition) is 8. The molecule has 1 unspecified atom stereocenters. The van der Waals surface area contributed by atoms with Crippen molar-refractivity contribution in [1.29, 1.82) is 0 Å². The Balaban J connectivity index is 1.24. The molecular formula is C38H52N6O4S2. The van der Waals surface area contributed by atoms with Crippen molar-refractivity contribution in [2.75, 3.05) is 41.3 Å². The summed E-state index contributed by atoms with van der Waals surface area (Å²) in [5, 5.41) is 29.5. The molecule has 12 heteroatoms. The predicted molar refractivity (Wildman–Crippen MR) is 205 cm³/mol. The minimum absolute atomic E-state index is 0.0208. The number of thiophene rings is 2. The van der Waals surface area contributed by atoms with Gasteiger partial charge in [0, 0.05) is 37.3 Å². The van der Waals surface area contributed by atoms with E-state index in [1.165, 1.54) is 22.5 Å². The van der Waals surface area contributed by atoms with Crippen molar-refractivity contribution in [3.8, 4) is 16.6 Å². The van der Waals surface area contributed by atoms with Gasteiger partial charge >= 0.3 is 12.1 Å². The number of nitrogens with zero attached hydrogens (tertiary/aromatic N) is 2. The number of urea groups is 2. The molecule has 4 aromatic rings. The predicted octanol–water partition coefficient (Wildman–Crippen LogP) is 6.11. The zero-order valence-electron chi connectivity index (χ0n) is 29.9. The second kappa shape index (κ2) is 19.3. The number of carbonyl (C=O) groups excluding carboxylic acids is 2. The van der Waals surface area contributed by atoms with Crippen LogP contribution in [0.25, 0.3) is 0 Å². The summed E-state index contributed by atoms with van der Waals surface area (Å²) < 4.78 is 6.13. The second-order valence-electron chi connectivity index (χ2n) is 13.4. The van der Waals surface area contributed by atoms with Crippen LogP contribution in [-0.2, 0) is 25.7 Å². The summed E-state index contributed by atoms with van der Waals surface area (Å²) in [7, 11) is 8.03. The molecule has 10 nitrogen and oxygen atoms in total. The fraction of sp³-hybridized carbons (Fsp3) is 0.421. The normalized spacial score (nSPS) is 13.8. The number of nitrogens with one attached hydrogen (secondary N) is 4. The molecular weight excluding hydrogens is 669 g/mol. The molecule has 0 radical (unpaired) electrons. The number of phenols is 1. The zero-order chi connectivity index (χ0) is 36.0. The minimum Gasteiger partial charge on any atom is -0.504 e. The number of benzene rings is 2. The van der Waals surface area contributed by atoms with E-state index in [2.05, 4.69) is 54.6 Å². The van der Waals surface area contributed by atoms with Crippen LogP contribution in [0.5, 0.6) is 16.6 Å². The number of hydrogen-bond donors (Lipinski definition) is 5. The summed E-state index contributed by atoms with van der Waals surface area (Å²) >= 11 is 3.10. The van der Waals surface area contributed by atoms with E-state index >= 15 is 0 Å². The first kappa shape index (κ1) is 38.7. The Bertz CT molecular complexity index is 1610. The van der Waals surface area contributed by atoms with E-state index in [-0.39, 0.29) is 42.0 Å². The van der Waals surface area contributed by atoms with Gasteiger partial charge in [-0.05, 0) is 130 Å². The average Bonchev–Trinajstić information content (AvgIpc) is 3.74. The molecule has 0 aliphatic heterocycles. The fourth-order valence-electron chi connectivity index (χ4n) is 5.61. The van der Waals surface area contributed by atoms with Crippen LogP contribution >= 0.6 is 22.7 Å². The van der Waals surface area contributed by atoms with Crippen LogP contribution in [0.15, 0.2) is 76.8 Å². The highest BCUT2D eigenvalue weighted by atomic mass is 32.1. The summed E-state index contributed by atoms with van der Waals surface area (Å²) in [6, 6.07) is 19.4. The second-order valence-corrected chi connectivity index (χ2v) is 15.0. The zero-order valence-corrected chi connectivity index (χ0v) is 31.6. The molecule has 0 aliphatic rings. The topological polar surface area (TPSA) is 118 Å². The first-order valence-electron chi connectivity index (χ1n) is 17.0. The number of carbonyl (C=O) groups is 2. The van der Waals surface area contributed by atoms with Gasteiger partial charge in [0.2, 0.25) is 0 Å². The van der Waals surface area contributed by atoms with Crippen molar-refractivity contribution in [1.82, 2.24) is 31.1 Å². The molecule has 0 fully saturated rings. The van der Waals surface area contributed by atoms with Crippen molar-refractivity contribution in [2.24, 2.45) is 0 Å². The summed E-state index contributed by atoms with van der Waals surface area (Å²) in [5.74, 6) is 0.426. The van der Waals surface area contributed by atoms with Gasteiger partial charge in [-0.25, -0.2) is 9.59 Å². The number of ether oxygens (including phenoxy) is 1. The van der Waals surface area contributed by atoms with E-state index in [4.69, 9.17) is 4.74 Å². The van der Waals surface area contributed by atoms with Gasteiger partial charge < -0.3 is 40.9 Å². The highest BCUT2D eigenvalue weighted by molar-refractivity contribution is 7.12. The molecule has 0 bridgehead atoms. The van der Waals surface area contributed by atoms with Gasteiger partial charge in [0.15, 0.2) is 16.6 Å². The van der Waals surface area contributed by atoms with Gasteiger partial charge in [-0.1, -0.05) is 36.4 Å². The third kappa shape index (κ3) is 13.0. The van der Waals surface area contributed by atoms with Crippen LogP contribution in [0, 0.1) is 0 Å². The quantitative estimate of drug-likeness (QED) is 0.0847. The van der Waals surface area contributed by atoms with Gasteiger partial charge in [0.1, 0.15) is 0 Å². The van der Waals surface area contributed by atoms with Crippen molar-refractivity contribution in [2.45, 2.75) is 63.7 Å². The van der Waals surface area contributed by atoms with Crippen LogP contribution in [0.2, 0.25) is 0 Å². The lowest BCUT2D eigenvalue weighted by Gasteiger charge is -2.25. The number of rotatable bonds is 18. The molecule has 4 atom stereocenters. The molecule has 270 valence electrons. The van der Waals surface area contributed by atoms with E-state index in [9.17, 15) is 14.7 Å². The molecule has 0 saturated heterocycles. The highest BCUT2D eigenvalue weighted by Crippen LogP contribution is 2.35. The molecule has 5 N–H and O–H groups in total. The number of amides is 4. The van der Waals surface area contributed by atoms with Gasteiger partial charge in [-0.15, -0.1) is 11.3 Å². The van der Waals surface area contributed by atoms with Crippen molar-refractivity contribution < 1.29 is 19.4 Å². The molecule has 0 spiro atoms. The monoisotopic (exact) mass is 720 g/mol. The van der Waals surface area contributed by atoms with Crippen molar-refractivity contribution in [3.63, 3.8) is 0 Å². The minimum atomic E-state index is -0.193. The molecule has 2 heterocycles. The van der Waals surface area contributed by atoms with Crippen LogP contribution in [0.1, 0.15) is 36.1 Å². The summed E-state index contributed by atoms with van der Waals surface area (Å²) in [6.07, 6.45) is 2.92. The van der Waals surface area contributed by atoms with Gasteiger partial charge in [0.05, 0.1) is 0 Å². The van der Waals surface area contributed by atoms with E-state index in [0.29, 0.717) is 36.7 Å². The van der Waals surface area contributed by atoms with Crippen molar-refractivity contribution in [3.05, 3.63) is 99.1 Å². The maximum absolute atomic E-state index is 12.7. The Labute approximate surface area is 304 Å². The first-order valence-corrected chi connectivity index (χ1v) is 18.8. The standard InChI is InChI=1S/C38H52N6O4S2/c1-26(16-30-14-15-49-24-30)41-37(46)40-23-33(44(5)6)19-29-12-13-34(45)35(20-29)48-36-21-31(25-50-36)17-27(2)42-38(47)39-22-32(43(3)4)18-28-10-8-7-9-11-28/h7-15,20-21,24-27,32-33,45H,16-19,22-23H2,1-6H3,(H2,39,42,47)(H2,40,41,46)/t26-,27+,32?,33-/m0/s1. The number of phenolic OH excluding ortho intramolecular Hbond substituents is 1. The van der Waals surface area contributed by atoms with Crippen LogP contribution in [0.4, 0.5) is 9.59 Å². The van der Waals surface area contributed by atoms with Gasteiger partial charge in [0.25, 0.3) is 0 Å². The molecule has 4 rings (SSSR count). The molecule has 50 heavy (non-hydrogen) atoms. The van der Waals surface area contributed by atoms with E-state index in [1.807, 2.05) is 89.2 Å². The van der Waals surface area contributed by atoms with Crippen LogP contribution in [0.3, 0.4) is 0 Å². The summed E-state index contributed by atoms with van der Waals surface area (Å²) in [5.41, 5.74) is 4.46. The van der Waals surface area contributed by atoms with Gasteiger partial charge in [-0.3, -0.25) is 0 Å². The Hall–Kier alpha value is -4.10. The SMILES string of the molecule is C[C@H](Cc1csc(Oc2cc(C[C@@H](CNC(=O)N[C@@H](C)Cc3ccsc3)N(C)C)ccc2O)c1)NC(=O)NCC(Cc1ccccc1)N(C)C. The Morgan fingerprint density at radius 3 is 1.90 bits per heavy atom. The smallest absolute Gasteiger partial charge is 0.315 e. The molecule has 2 aromatic carbocycles. The third-order valence-corrected chi connectivity index (χ3v) is 10.1. The lowest BCUT2D eigenvalue weighted by molar-refractivity contribution is 0.228. The lowest BCUT2D eigenvalue weighted by Crippen LogP contribution is -2.47. The number of likely N-dealkylation sites (N-methyl/N-ethyl adjacent to an activating group) is 2. The molecule has 4 amide bonds. The van der Waals surface area contributed by atoms with E-state index in [0.717, 1.165) is 24.0 Å². The number of aromatic hydroxyl groups is 1. The lowest BCUT2D eigenvalue weighted by atomic mass is 10.0. The Morgan fingerprint density at radius 1 is 0.720 bits per heavy atom. The maximum atomic E-state index is 12.7. The summed E-state index contributed by atoms with van der Waals surface area (Å²) in [6.45, 7) is 4.98. The average molecular weight is 721 g/mol. The maximum Gasteiger partial charge on any atom is 0.315 e. The fourth-order valence-corrected chi connectivity index (χ4v) is 7.08. The third-order valence-electron chi connectivity index (χ3n) is 8.53. The largest absolute Gasteiger partial charge is 0.504 e. The van der Waals surface area contributed by atoms with E-state index in [1.54, 1.807) is 17.4 Å². The van der Waals surface area contributed by atoms with E-state index < -0.39 is 0 Å². The highest BCUT2D eigenvalue weighted by Gasteiger charge is 2.18. The van der Waals surface area contributed by atoms with Gasteiger partial charge in [-0.2, -0.15) is 11.3 Å². The Kier molecular flexibility index (Phi) is 15.0. The Morgan fingerprint density at radius 2 is 1.32 bits per heavy atom. The first-order chi connectivity index (χ1) is 23.9. The van der Waals surface area contributed by atoms with Crippen molar-refractivity contribution >= 4 is 34.7 Å².